The summed E-state index contributed by atoms with van der Waals surface area (Å²) in [5.41, 5.74) is 11.5. The highest BCUT2D eigenvalue weighted by molar-refractivity contribution is 7.86. The van der Waals surface area contributed by atoms with E-state index in [0.717, 1.165) is 0 Å². The number of nitrogen functional groups attached to an aromatic ring is 2. The second-order valence-electron chi connectivity index (χ2n) is 4.09. The van der Waals surface area contributed by atoms with Crippen LogP contribution in [0.2, 0.25) is 0 Å². The van der Waals surface area contributed by atoms with Gasteiger partial charge in [0.2, 0.25) is 0 Å². The number of carbonyl (C=O) groups excluding carboxylic acids is 1. The normalized spacial score (nSPS) is 10.6. The highest BCUT2D eigenvalue weighted by Gasteiger charge is 2.07. The number of carbonyl (C=O) groups is 1. The summed E-state index contributed by atoms with van der Waals surface area (Å²) in [6.45, 7) is 2.00. The third-order valence-corrected chi connectivity index (χ3v) is 4.09. The van der Waals surface area contributed by atoms with Crippen LogP contribution in [0.15, 0.2) is 58.3 Å². The summed E-state index contributed by atoms with van der Waals surface area (Å²) in [6.07, 6.45) is 0. The van der Waals surface area contributed by atoms with Crippen molar-refractivity contribution in [3.05, 3.63) is 48.5 Å². The topological polar surface area (TPSA) is 178 Å². The molecule has 9 nitrogen and oxygen atoms in total. The highest BCUT2D eigenvalue weighted by Crippen LogP contribution is 2.11. The number of rotatable bonds is 2. The van der Waals surface area contributed by atoms with Crippen LogP contribution in [0.3, 0.4) is 0 Å². The molecule has 0 radical (unpaired) electrons. The Bertz CT molecular complexity index is 773. The van der Waals surface area contributed by atoms with Gasteiger partial charge < -0.3 is 16.3 Å². The third kappa shape index (κ3) is 7.69. The van der Waals surface area contributed by atoms with Crippen molar-refractivity contribution in [2.45, 2.75) is 9.79 Å². The molecule has 24 heavy (non-hydrogen) atoms. The van der Waals surface area contributed by atoms with Crippen LogP contribution in [-0.2, 0) is 25.0 Å². The van der Waals surface area contributed by atoms with E-state index in [1.807, 2.05) is 6.79 Å². The molecule has 2 rings (SSSR count). The Labute approximate surface area is 139 Å². The fourth-order valence-electron chi connectivity index (χ4n) is 1.28. The molecule has 11 heteroatoms. The molecule has 0 saturated heterocycles. The van der Waals surface area contributed by atoms with Crippen LogP contribution in [0.25, 0.3) is 0 Å². The Morgan fingerprint density at radius 3 is 1.00 bits per heavy atom. The first-order valence-electron chi connectivity index (χ1n) is 5.95. The zero-order valence-corrected chi connectivity index (χ0v) is 13.9. The molecule has 2 aromatic carbocycles. The molecule has 0 aliphatic carbocycles. The van der Waals surface area contributed by atoms with Crippen LogP contribution < -0.4 is 11.5 Å². The van der Waals surface area contributed by atoms with Crippen molar-refractivity contribution in [1.29, 1.82) is 0 Å². The van der Waals surface area contributed by atoms with Crippen LogP contribution in [0.4, 0.5) is 11.4 Å². The molecule has 132 valence electrons. The second kappa shape index (κ2) is 8.98. The summed E-state index contributed by atoms with van der Waals surface area (Å²) < 4.78 is 58.9. The molecule has 0 unspecified atom stereocenters. The number of anilines is 2. The molecule has 0 aromatic heterocycles. The number of benzene rings is 2. The van der Waals surface area contributed by atoms with E-state index in [1.54, 1.807) is 0 Å². The maximum absolute atomic E-state index is 10.5. The van der Waals surface area contributed by atoms with Crippen LogP contribution in [-0.4, -0.2) is 32.7 Å². The first-order chi connectivity index (χ1) is 11.0. The van der Waals surface area contributed by atoms with Crippen molar-refractivity contribution in [3.63, 3.8) is 0 Å². The lowest BCUT2D eigenvalue weighted by molar-refractivity contribution is -0.0980. The molecule has 2 aromatic rings. The van der Waals surface area contributed by atoms with E-state index in [1.165, 1.54) is 48.5 Å². The number of nitrogens with two attached hydrogens (primary N) is 2. The van der Waals surface area contributed by atoms with Crippen LogP contribution >= 0.6 is 0 Å². The Balaban J connectivity index is 0.000000400. The predicted molar refractivity (Wildman–Crippen MR) is 88.5 cm³/mol. The molecule has 0 aliphatic heterocycles. The Hall–Kier alpha value is -2.47. The molecule has 0 aliphatic rings. The van der Waals surface area contributed by atoms with Crippen molar-refractivity contribution in [2.24, 2.45) is 0 Å². The molecular weight excluding hydrogens is 360 g/mol. The van der Waals surface area contributed by atoms with Crippen LogP contribution in [0.1, 0.15) is 0 Å². The molecular formula is C13H16N2O7S2. The van der Waals surface area contributed by atoms with E-state index in [9.17, 15) is 16.8 Å². The predicted octanol–water partition coefficient (Wildman–Crippen LogP) is 0.846. The SMILES string of the molecule is C=O.Nc1ccc(S(=O)(=O)O)cc1.Nc1ccc(S(=O)(=O)O)cc1. The Kier molecular flexibility index (Phi) is 8.06. The van der Waals surface area contributed by atoms with Crippen LogP contribution in [0, 0.1) is 0 Å². The van der Waals surface area contributed by atoms with Crippen molar-refractivity contribution >= 4 is 38.4 Å². The monoisotopic (exact) mass is 376 g/mol. The lowest BCUT2D eigenvalue weighted by Crippen LogP contribution is -1.97. The van der Waals surface area contributed by atoms with E-state index in [0.29, 0.717) is 11.4 Å². The zero-order chi connectivity index (χ0) is 19.0. The molecule has 0 heterocycles. The Morgan fingerprint density at radius 1 is 0.625 bits per heavy atom. The fraction of sp³-hybridized carbons (Fsp3) is 0. The summed E-state index contributed by atoms with van der Waals surface area (Å²) in [5.74, 6) is 0. The molecule has 0 bridgehead atoms. The van der Waals surface area contributed by atoms with E-state index in [2.05, 4.69) is 0 Å². The van der Waals surface area contributed by atoms with E-state index >= 15 is 0 Å². The van der Waals surface area contributed by atoms with Gasteiger partial charge in [0, 0.05) is 11.4 Å². The zero-order valence-electron chi connectivity index (χ0n) is 12.2. The first kappa shape index (κ1) is 21.5. The molecule has 6 N–H and O–H groups in total. The molecule has 0 spiro atoms. The van der Waals surface area contributed by atoms with Crippen molar-refractivity contribution in [2.75, 3.05) is 11.5 Å². The minimum Gasteiger partial charge on any atom is -0.399 e. The van der Waals surface area contributed by atoms with Gasteiger partial charge in [-0.15, -0.1) is 0 Å². The lowest BCUT2D eigenvalue weighted by atomic mass is 10.3. The van der Waals surface area contributed by atoms with Gasteiger partial charge in [-0.1, -0.05) is 0 Å². The highest BCUT2D eigenvalue weighted by atomic mass is 32.2. The molecule has 0 atom stereocenters. The van der Waals surface area contributed by atoms with Gasteiger partial charge in [-0.3, -0.25) is 9.11 Å². The standard InChI is InChI=1S/2C6H7NO3S.CH2O/c2*7-5-1-3-6(4-2-5)11(8,9)10;1-2/h2*1-4H,7H2,(H,8,9,10);1H2. The molecule has 0 saturated carbocycles. The van der Waals surface area contributed by atoms with Gasteiger partial charge in [0.1, 0.15) is 6.79 Å². The van der Waals surface area contributed by atoms with Gasteiger partial charge in [0.15, 0.2) is 0 Å². The van der Waals surface area contributed by atoms with Crippen molar-refractivity contribution < 1.29 is 30.7 Å². The van der Waals surface area contributed by atoms with Crippen LogP contribution in [0.5, 0.6) is 0 Å². The minimum atomic E-state index is -4.08. The second-order valence-corrected chi connectivity index (χ2v) is 6.93. The number of hydrogen-bond acceptors (Lipinski definition) is 7. The van der Waals surface area contributed by atoms with Gasteiger partial charge in [0.25, 0.3) is 20.2 Å². The average Bonchev–Trinajstić information content (AvgIpc) is 2.49. The van der Waals surface area contributed by atoms with Gasteiger partial charge in [-0.05, 0) is 48.5 Å². The number of hydrogen-bond donors (Lipinski definition) is 4. The minimum absolute atomic E-state index is 0.147. The first-order valence-corrected chi connectivity index (χ1v) is 8.83. The van der Waals surface area contributed by atoms with Gasteiger partial charge >= 0.3 is 0 Å². The summed E-state index contributed by atoms with van der Waals surface area (Å²) in [4.78, 5) is 7.71. The average molecular weight is 376 g/mol. The van der Waals surface area contributed by atoms with Crippen molar-refractivity contribution in [3.8, 4) is 0 Å². The van der Waals surface area contributed by atoms with E-state index in [-0.39, 0.29) is 9.79 Å². The third-order valence-electron chi connectivity index (χ3n) is 2.36. The van der Waals surface area contributed by atoms with Gasteiger partial charge in [0.05, 0.1) is 9.79 Å². The lowest BCUT2D eigenvalue weighted by Gasteiger charge is -1.95. The van der Waals surface area contributed by atoms with Gasteiger partial charge in [-0.25, -0.2) is 0 Å². The summed E-state index contributed by atoms with van der Waals surface area (Å²) in [7, 11) is -8.15. The van der Waals surface area contributed by atoms with E-state index < -0.39 is 20.2 Å². The molecule has 0 fully saturated rings. The summed E-state index contributed by atoms with van der Waals surface area (Å²) in [6, 6.07) is 10.6. The summed E-state index contributed by atoms with van der Waals surface area (Å²) >= 11 is 0. The maximum atomic E-state index is 10.5. The Morgan fingerprint density at radius 2 is 0.833 bits per heavy atom. The summed E-state index contributed by atoms with van der Waals surface area (Å²) in [5, 5.41) is 0. The smallest absolute Gasteiger partial charge is 0.294 e. The van der Waals surface area contributed by atoms with Gasteiger partial charge in [-0.2, -0.15) is 16.8 Å². The largest absolute Gasteiger partial charge is 0.399 e. The maximum Gasteiger partial charge on any atom is 0.294 e. The molecule has 0 amide bonds. The quantitative estimate of drug-likeness (QED) is 0.436. The van der Waals surface area contributed by atoms with E-state index in [4.69, 9.17) is 25.4 Å². The fourth-order valence-corrected chi connectivity index (χ4v) is 2.24. The van der Waals surface area contributed by atoms with Crippen molar-refractivity contribution in [1.82, 2.24) is 0 Å².